The Morgan fingerprint density at radius 3 is 2.31 bits per heavy atom. The molecule has 0 aliphatic carbocycles. The number of nitrogens with one attached hydrogen (secondary N) is 1. The van der Waals surface area contributed by atoms with Crippen LogP contribution in [0.15, 0.2) is 24.3 Å². The van der Waals surface area contributed by atoms with Gasteiger partial charge in [0.2, 0.25) is 0 Å². The Balaban J connectivity index is 2.51. The van der Waals surface area contributed by atoms with Crippen LogP contribution in [0.2, 0.25) is 0 Å². The molecule has 69 valence electrons. The minimum absolute atomic E-state index is 0.0889. The molecule has 1 aromatic rings. The molecule has 0 unspecified atom stereocenters. The number of benzene rings is 1. The Bertz CT molecular complexity index is 263. The summed E-state index contributed by atoms with van der Waals surface area (Å²) in [5, 5.41) is 3.16. The van der Waals surface area contributed by atoms with E-state index in [0.717, 1.165) is 12.1 Å². The summed E-state index contributed by atoms with van der Waals surface area (Å²) in [5.41, 5.74) is 1.08. The molecule has 0 atom stereocenters. The lowest BCUT2D eigenvalue weighted by molar-refractivity contribution is 0.528. The van der Waals surface area contributed by atoms with E-state index in [9.17, 15) is 4.39 Å². The normalized spacial score (nSPS) is 11.7. The van der Waals surface area contributed by atoms with Gasteiger partial charge in [-0.2, -0.15) is 0 Å². The van der Waals surface area contributed by atoms with E-state index in [0.29, 0.717) is 0 Å². The molecule has 1 N–H and O–H groups in total. The number of rotatable bonds is 3. The lowest BCUT2D eigenvalue weighted by atomic mass is 10.2. The lowest BCUT2D eigenvalue weighted by Gasteiger charge is -2.20. The van der Waals surface area contributed by atoms with Gasteiger partial charge < -0.3 is 5.32 Å². The van der Waals surface area contributed by atoms with E-state index in [1.165, 1.54) is 12.1 Å². The first-order valence-electron chi connectivity index (χ1n) is 4.22. The second-order valence-corrected chi connectivity index (χ2v) is 4.86. The van der Waals surface area contributed by atoms with Crippen molar-refractivity contribution in [3.05, 3.63) is 35.6 Å². The highest BCUT2D eigenvalue weighted by molar-refractivity contribution is 6.14. The fraction of sp³-hybridized carbons (Fsp3) is 0.400. The van der Waals surface area contributed by atoms with Crippen LogP contribution in [0.3, 0.4) is 0 Å². The molecule has 0 aliphatic heterocycles. The number of halogens is 1. The van der Waals surface area contributed by atoms with E-state index in [2.05, 4.69) is 15.6 Å². The predicted octanol–water partition coefficient (Wildman–Crippen LogP) is 1.82. The zero-order valence-corrected chi connectivity index (χ0v) is 8.89. The van der Waals surface area contributed by atoms with Crippen LogP contribution in [0.25, 0.3) is 0 Å². The fourth-order valence-corrected chi connectivity index (χ4v) is 1.01. The monoisotopic (exact) mass is 194 g/mol. The van der Waals surface area contributed by atoms with Crippen LogP contribution in [-0.4, -0.2) is 15.4 Å². The van der Waals surface area contributed by atoms with E-state index < -0.39 is 0 Å². The molecule has 0 amide bonds. The summed E-state index contributed by atoms with van der Waals surface area (Å²) in [6.45, 7) is 4.78. The summed E-state index contributed by atoms with van der Waals surface area (Å²) in [5.74, 6) is -0.193. The number of hydrogen-bond acceptors (Lipinski definition) is 1. The maximum Gasteiger partial charge on any atom is 0.123 e. The van der Waals surface area contributed by atoms with Gasteiger partial charge in [-0.15, -0.1) is 0 Å². The minimum Gasteiger partial charge on any atom is -0.311 e. The molecular formula is C10H13FNSi. The minimum atomic E-state index is -0.193. The molecule has 0 heterocycles. The fourth-order valence-electron chi connectivity index (χ4n) is 0.925. The van der Waals surface area contributed by atoms with Gasteiger partial charge >= 0.3 is 0 Å². The van der Waals surface area contributed by atoms with Gasteiger partial charge in [0.15, 0.2) is 0 Å². The highest BCUT2D eigenvalue weighted by Gasteiger charge is 2.08. The number of hydrogen-bond donors (Lipinski definition) is 1. The van der Waals surface area contributed by atoms with Crippen molar-refractivity contribution in [1.29, 1.82) is 0 Å². The summed E-state index contributed by atoms with van der Waals surface area (Å²) < 4.78 is 12.5. The van der Waals surface area contributed by atoms with Gasteiger partial charge in [0.1, 0.15) is 5.82 Å². The summed E-state index contributed by atoms with van der Waals surface area (Å²) in [7, 11) is 3.52. The van der Waals surface area contributed by atoms with Gasteiger partial charge in [-0.3, -0.25) is 0 Å². The van der Waals surface area contributed by atoms with Gasteiger partial charge in [0.25, 0.3) is 0 Å². The average Bonchev–Trinajstić information content (AvgIpc) is 2.02. The Morgan fingerprint density at radius 2 is 1.85 bits per heavy atom. The standard InChI is InChI=1S/C10H13FNSi/c1-10(2,13)12-7-8-3-5-9(11)6-4-8/h3-6,12H,7H2,1-2H3. The van der Waals surface area contributed by atoms with Crippen LogP contribution in [-0.2, 0) is 6.54 Å². The van der Waals surface area contributed by atoms with Crippen LogP contribution < -0.4 is 5.32 Å². The van der Waals surface area contributed by atoms with Gasteiger partial charge in [0, 0.05) is 6.54 Å². The van der Waals surface area contributed by atoms with Gasteiger partial charge in [-0.25, -0.2) is 4.39 Å². The topological polar surface area (TPSA) is 12.0 Å². The van der Waals surface area contributed by atoms with E-state index >= 15 is 0 Å². The summed E-state index contributed by atoms with van der Waals surface area (Å²) in [4.78, 5) is 0. The van der Waals surface area contributed by atoms with Gasteiger partial charge in [-0.1, -0.05) is 26.0 Å². The molecule has 1 aromatic carbocycles. The van der Waals surface area contributed by atoms with Crippen LogP contribution in [0.4, 0.5) is 4.39 Å². The first kappa shape index (κ1) is 10.4. The Morgan fingerprint density at radius 1 is 1.31 bits per heavy atom. The van der Waals surface area contributed by atoms with Crippen molar-refractivity contribution < 1.29 is 4.39 Å². The third kappa shape index (κ3) is 4.19. The zero-order chi connectivity index (χ0) is 9.90. The molecule has 0 saturated heterocycles. The molecule has 0 bridgehead atoms. The first-order chi connectivity index (χ1) is 5.97. The highest BCUT2D eigenvalue weighted by Crippen LogP contribution is 2.04. The van der Waals surface area contributed by atoms with E-state index in [1.807, 2.05) is 13.8 Å². The second kappa shape index (κ2) is 4.02. The van der Waals surface area contributed by atoms with Crippen LogP contribution in [0, 0.1) is 5.82 Å². The average molecular weight is 194 g/mol. The van der Waals surface area contributed by atoms with E-state index in [4.69, 9.17) is 0 Å². The van der Waals surface area contributed by atoms with E-state index in [-0.39, 0.29) is 11.0 Å². The molecule has 1 rings (SSSR count). The van der Waals surface area contributed by atoms with Crippen LogP contribution in [0.1, 0.15) is 19.4 Å². The van der Waals surface area contributed by atoms with Crippen molar-refractivity contribution >= 4 is 10.2 Å². The Hall–Kier alpha value is -0.673. The molecule has 0 fully saturated rings. The Labute approximate surface area is 81.8 Å². The molecule has 0 aliphatic rings. The summed E-state index contributed by atoms with van der Waals surface area (Å²) >= 11 is 0. The zero-order valence-electron chi connectivity index (χ0n) is 7.89. The maximum absolute atomic E-state index is 12.5. The van der Waals surface area contributed by atoms with Crippen molar-refractivity contribution in [3.63, 3.8) is 0 Å². The van der Waals surface area contributed by atoms with Crippen molar-refractivity contribution in [2.45, 2.75) is 25.6 Å². The first-order valence-corrected chi connectivity index (χ1v) is 4.72. The Kier molecular flexibility index (Phi) is 3.22. The van der Waals surface area contributed by atoms with Crippen molar-refractivity contribution in [2.75, 3.05) is 0 Å². The lowest BCUT2D eigenvalue weighted by Crippen LogP contribution is -2.38. The molecule has 3 radical (unpaired) electrons. The van der Waals surface area contributed by atoms with Crippen LogP contribution >= 0.6 is 0 Å². The quantitative estimate of drug-likeness (QED) is 0.724. The predicted molar refractivity (Wildman–Crippen MR) is 53.1 cm³/mol. The molecule has 0 spiro atoms. The van der Waals surface area contributed by atoms with Gasteiger partial charge in [0.05, 0.1) is 10.2 Å². The second-order valence-electron chi connectivity index (χ2n) is 3.61. The highest BCUT2D eigenvalue weighted by atomic mass is 28.1. The SMILES string of the molecule is CC(C)([Si])NCc1ccc(F)cc1. The van der Waals surface area contributed by atoms with Crippen molar-refractivity contribution in [3.8, 4) is 0 Å². The smallest absolute Gasteiger partial charge is 0.123 e. The summed E-state index contributed by atoms with van der Waals surface area (Å²) in [6.07, 6.45) is 0. The molecule has 0 saturated carbocycles. The van der Waals surface area contributed by atoms with E-state index in [1.54, 1.807) is 12.1 Å². The maximum atomic E-state index is 12.5. The largest absolute Gasteiger partial charge is 0.311 e. The molecule has 13 heavy (non-hydrogen) atoms. The van der Waals surface area contributed by atoms with Gasteiger partial charge in [-0.05, 0) is 22.9 Å². The van der Waals surface area contributed by atoms with Crippen molar-refractivity contribution in [2.24, 2.45) is 0 Å². The third-order valence-corrected chi connectivity index (χ3v) is 1.82. The molecular weight excluding hydrogens is 181 g/mol. The molecule has 1 nitrogen and oxygen atoms in total. The molecule has 3 heteroatoms. The summed E-state index contributed by atoms with van der Waals surface area (Å²) in [6, 6.07) is 6.50. The van der Waals surface area contributed by atoms with Crippen LogP contribution in [0.5, 0.6) is 0 Å². The third-order valence-electron chi connectivity index (χ3n) is 1.65. The van der Waals surface area contributed by atoms with Crippen molar-refractivity contribution in [1.82, 2.24) is 5.32 Å². The molecule has 0 aromatic heterocycles.